The summed E-state index contributed by atoms with van der Waals surface area (Å²) in [4.78, 5) is 11.7. The van der Waals surface area contributed by atoms with Gasteiger partial charge in [-0.25, -0.2) is 4.39 Å². The van der Waals surface area contributed by atoms with Gasteiger partial charge in [-0.1, -0.05) is 12.8 Å². The molecule has 0 atom stereocenters. The van der Waals surface area contributed by atoms with E-state index >= 15 is 0 Å². The number of aliphatic hydroxyl groups excluding tert-OH is 1. The van der Waals surface area contributed by atoms with Gasteiger partial charge in [0.1, 0.15) is 5.82 Å². The van der Waals surface area contributed by atoms with E-state index in [2.05, 4.69) is 5.32 Å². The number of unbranched alkanes of at least 4 members (excludes halogenated alkanes) is 3. The van der Waals surface area contributed by atoms with Gasteiger partial charge in [-0.05, 0) is 31.0 Å². The van der Waals surface area contributed by atoms with Crippen LogP contribution in [0.25, 0.3) is 0 Å². The third-order valence-electron chi connectivity index (χ3n) is 2.90. The van der Waals surface area contributed by atoms with Gasteiger partial charge in [0.05, 0.1) is 5.56 Å². The Morgan fingerprint density at radius 1 is 1.14 bits per heavy atom. The lowest BCUT2D eigenvalue weighted by atomic mass is 10.1. The van der Waals surface area contributed by atoms with Crippen molar-refractivity contribution >= 4 is 5.91 Å². The lowest BCUT2D eigenvalue weighted by molar-refractivity contribution is -0.140. The van der Waals surface area contributed by atoms with Crippen molar-refractivity contribution in [1.29, 1.82) is 0 Å². The molecule has 1 rings (SSSR count). The Morgan fingerprint density at radius 3 is 2.43 bits per heavy atom. The van der Waals surface area contributed by atoms with E-state index in [0.717, 1.165) is 18.9 Å². The first-order chi connectivity index (χ1) is 9.86. The van der Waals surface area contributed by atoms with Crippen LogP contribution in [0, 0.1) is 5.82 Å². The van der Waals surface area contributed by atoms with E-state index in [9.17, 15) is 22.4 Å². The average molecular weight is 307 g/mol. The van der Waals surface area contributed by atoms with Crippen molar-refractivity contribution < 1.29 is 27.5 Å². The molecule has 0 bridgehead atoms. The second kappa shape index (κ2) is 7.97. The number of nitrogens with one attached hydrogen (secondary N) is 1. The molecule has 0 saturated heterocycles. The number of alkyl halides is 3. The highest BCUT2D eigenvalue weighted by molar-refractivity contribution is 5.94. The van der Waals surface area contributed by atoms with Crippen LogP contribution in [0.4, 0.5) is 17.6 Å². The fourth-order valence-electron chi connectivity index (χ4n) is 1.78. The predicted octanol–water partition coefficient (Wildman–Crippen LogP) is 3.13. The van der Waals surface area contributed by atoms with E-state index < -0.39 is 23.5 Å². The number of benzene rings is 1. The third kappa shape index (κ3) is 5.71. The summed E-state index contributed by atoms with van der Waals surface area (Å²) in [6.45, 7) is 0.436. The minimum atomic E-state index is -4.83. The number of hydrogen-bond acceptors (Lipinski definition) is 2. The Bertz CT molecular complexity index is 475. The molecule has 118 valence electrons. The highest BCUT2D eigenvalue weighted by Gasteiger charge is 2.34. The molecule has 21 heavy (non-hydrogen) atoms. The number of carbonyl (C=O) groups is 1. The first-order valence-electron chi connectivity index (χ1n) is 6.62. The van der Waals surface area contributed by atoms with Crippen molar-refractivity contribution in [2.75, 3.05) is 13.2 Å². The van der Waals surface area contributed by atoms with Gasteiger partial charge in [0, 0.05) is 18.7 Å². The second-order valence-electron chi connectivity index (χ2n) is 4.59. The fraction of sp³-hybridized carbons (Fsp3) is 0.500. The Hall–Kier alpha value is -1.63. The molecule has 1 aromatic carbocycles. The van der Waals surface area contributed by atoms with Crippen LogP contribution in [0.2, 0.25) is 0 Å². The smallest absolute Gasteiger partial charge is 0.396 e. The summed E-state index contributed by atoms with van der Waals surface area (Å²) in [6, 6.07) is 2.17. The van der Waals surface area contributed by atoms with Crippen LogP contribution in [0.15, 0.2) is 18.2 Å². The largest absolute Gasteiger partial charge is 0.419 e. The number of hydrogen-bond donors (Lipinski definition) is 2. The molecule has 0 aliphatic rings. The maximum absolute atomic E-state index is 13.1. The monoisotopic (exact) mass is 307 g/mol. The Morgan fingerprint density at radius 2 is 1.81 bits per heavy atom. The van der Waals surface area contributed by atoms with Gasteiger partial charge in [-0.2, -0.15) is 13.2 Å². The van der Waals surface area contributed by atoms with Crippen molar-refractivity contribution in [2.45, 2.75) is 31.9 Å². The van der Waals surface area contributed by atoms with Crippen LogP contribution in [-0.4, -0.2) is 24.2 Å². The first-order valence-corrected chi connectivity index (χ1v) is 6.62. The van der Waals surface area contributed by atoms with Crippen molar-refractivity contribution in [2.24, 2.45) is 0 Å². The van der Waals surface area contributed by atoms with E-state index in [-0.39, 0.29) is 12.2 Å². The van der Waals surface area contributed by atoms with Gasteiger partial charge in [0.25, 0.3) is 5.91 Å². The van der Waals surface area contributed by atoms with Crippen LogP contribution in [0.5, 0.6) is 0 Å². The summed E-state index contributed by atoms with van der Waals surface area (Å²) in [5, 5.41) is 11.1. The van der Waals surface area contributed by atoms with Gasteiger partial charge in [0.15, 0.2) is 0 Å². The minimum Gasteiger partial charge on any atom is -0.396 e. The van der Waals surface area contributed by atoms with Gasteiger partial charge in [-0.3, -0.25) is 4.79 Å². The van der Waals surface area contributed by atoms with Crippen molar-refractivity contribution in [3.05, 3.63) is 35.1 Å². The molecule has 0 spiro atoms. The number of carbonyl (C=O) groups excluding carboxylic acids is 1. The van der Waals surface area contributed by atoms with Gasteiger partial charge in [0.2, 0.25) is 0 Å². The molecule has 7 heteroatoms. The molecule has 0 unspecified atom stereocenters. The van der Waals surface area contributed by atoms with Crippen LogP contribution in [0.1, 0.15) is 41.6 Å². The van der Waals surface area contributed by atoms with E-state index in [1.165, 1.54) is 0 Å². The molecule has 0 aliphatic heterocycles. The van der Waals surface area contributed by atoms with E-state index in [1.54, 1.807) is 0 Å². The zero-order chi connectivity index (χ0) is 15.9. The van der Waals surface area contributed by atoms with Gasteiger partial charge < -0.3 is 10.4 Å². The highest BCUT2D eigenvalue weighted by atomic mass is 19.4. The van der Waals surface area contributed by atoms with E-state index in [4.69, 9.17) is 5.11 Å². The standard InChI is InChI=1S/C14H17F4NO2/c15-12-6-5-10(9-11(12)14(16,17)18)13(21)19-7-3-1-2-4-8-20/h5-6,9,20H,1-4,7-8H2,(H,19,21). The van der Waals surface area contributed by atoms with Crippen LogP contribution >= 0.6 is 0 Å². The Labute approximate surface area is 120 Å². The van der Waals surface area contributed by atoms with E-state index in [1.807, 2.05) is 0 Å². The number of aliphatic hydroxyl groups is 1. The maximum Gasteiger partial charge on any atom is 0.419 e. The molecule has 0 aliphatic carbocycles. The molecule has 0 aromatic heterocycles. The van der Waals surface area contributed by atoms with Crippen LogP contribution in [0.3, 0.4) is 0 Å². The average Bonchev–Trinajstić information content (AvgIpc) is 2.41. The fourth-order valence-corrected chi connectivity index (χ4v) is 1.78. The molecule has 0 fully saturated rings. The normalized spacial score (nSPS) is 11.5. The quantitative estimate of drug-likeness (QED) is 0.600. The molecular formula is C14H17F4NO2. The summed E-state index contributed by atoms with van der Waals surface area (Å²) in [7, 11) is 0. The molecule has 1 aromatic rings. The third-order valence-corrected chi connectivity index (χ3v) is 2.90. The molecule has 3 nitrogen and oxygen atoms in total. The summed E-state index contributed by atoms with van der Waals surface area (Å²) in [5.41, 5.74) is -1.67. The topological polar surface area (TPSA) is 49.3 Å². The summed E-state index contributed by atoms with van der Waals surface area (Å²) in [5.74, 6) is -2.06. The van der Waals surface area contributed by atoms with Crippen molar-refractivity contribution in [1.82, 2.24) is 5.32 Å². The summed E-state index contributed by atoms with van der Waals surface area (Å²) < 4.78 is 50.7. The molecule has 1 amide bonds. The van der Waals surface area contributed by atoms with Gasteiger partial charge in [-0.15, -0.1) is 0 Å². The number of amides is 1. The lowest BCUT2D eigenvalue weighted by Crippen LogP contribution is -2.25. The van der Waals surface area contributed by atoms with Gasteiger partial charge >= 0.3 is 6.18 Å². The minimum absolute atomic E-state index is 0.113. The second-order valence-corrected chi connectivity index (χ2v) is 4.59. The maximum atomic E-state index is 13.1. The molecule has 2 N–H and O–H groups in total. The van der Waals surface area contributed by atoms with Crippen molar-refractivity contribution in [3.63, 3.8) is 0 Å². The van der Waals surface area contributed by atoms with Crippen LogP contribution < -0.4 is 5.32 Å². The SMILES string of the molecule is O=C(NCCCCCCO)c1ccc(F)c(C(F)(F)F)c1. The first kappa shape index (κ1) is 17.4. The van der Waals surface area contributed by atoms with Crippen LogP contribution in [-0.2, 0) is 6.18 Å². The Kier molecular flexibility index (Phi) is 6.61. The molecule has 0 radical (unpaired) electrons. The highest BCUT2D eigenvalue weighted by Crippen LogP contribution is 2.31. The zero-order valence-corrected chi connectivity index (χ0v) is 11.3. The predicted molar refractivity (Wildman–Crippen MR) is 69.3 cm³/mol. The molecule has 0 heterocycles. The number of rotatable bonds is 7. The summed E-state index contributed by atoms with van der Waals surface area (Å²) >= 11 is 0. The Balaban J connectivity index is 2.55. The van der Waals surface area contributed by atoms with Crippen molar-refractivity contribution in [3.8, 4) is 0 Å². The zero-order valence-electron chi connectivity index (χ0n) is 11.3. The lowest BCUT2D eigenvalue weighted by Gasteiger charge is -2.10. The molecule has 0 saturated carbocycles. The number of halogens is 4. The van der Waals surface area contributed by atoms with E-state index in [0.29, 0.717) is 31.5 Å². The summed E-state index contributed by atoms with van der Waals surface area (Å²) in [6.07, 6.45) is -1.86. The molecular weight excluding hydrogens is 290 g/mol.